The van der Waals surface area contributed by atoms with Crippen LogP contribution in [0.4, 0.5) is 4.39 Å². The number of rotatable bonds is 2. The number of carbonyl (C=O) groups excluding carboxylic acids is 1. The van der Waals surface area contributed by atoms with Crippen molar-refractivity contribution in [2.24, 2.45) is 0 Å². The van der Waals surface area contributed by atoms with Crippen LogP contribution in [-0.4, -0.2) is 45.6 Å². The molecule has 9 heteroatoms. The van der Waals surface area contributed by atoms with E-state index in [9.17, 15) is 9.18 Å². The lowest BCUT2D eigenvalue weighted by Crippen LogP contribution is -2.48. The van der Waals surface area contributed by atoms with Crippen molar-refractivity contribution >= 4 is 41.8 Å². The van der Waals surface area contributed by atoms with Crippen LogP contribution in [0.5, 0.6) is 0 Å². The Hall–Kier alpha value is -2.22. The maximum Gasteiger partial charge on any atom is 0.255 e. The van der Waals surface area contributed by atoms with Crippen molar-refractivity contribution in [1.29, 1.82) is 0 Å². The topological polar surface area (TPSA) is 73.9 Å². The Morgan fingerprint density at radius 2 is 2.04 bits per heavy atom. The largest absolute Gasteiger partial charge is 0.329 e. The number of hydrogen-bond acceptors (Lipinski definition) is 4. The molecule has 0 bridgehead atoms. The average molecular weight is 426 g/mol. The molecule has 1 aliphatic heterocycles. The predicted molar refractivity (Wildman–Crippen MR) is 111 cm³/mol. The minimum Gasteiger partial charge on any atom is -0.329 e. The number of fused-ring (bicyclic) bond motifs is 1. The third kappa shape index (κ3) is 3.97. The molecule has 1 fully saturated rings. The number of H-pyrrole nitrogens is 1. The maximum absolute atomic E-state index is 13.7. The first kappa shape index (κ1) is 22.1. The molecule has 1 amide bonds. The molecule has 0 spiro atoms. The molecule has 28 heavy (non-hydrogen) atoms. The molecule has 2 N–H and O–H groups in total. The van der Waals surface area contributed by atoms with Gasteiger partial charge in [-0.3, -0.25) is 9.89 Å². The molecule has 6 nitrogen and oxygen atoms in total. The van der Waals surface area contributed by atoms with E-state index in [2.05, 4.69) is 20.5 Å². The summed E-state index contributed by atoms with van der Waals surface area (Å²) in [5.74, 6) is -0.381. The van der Waals surface area contributed by atoms with Crippen LogP contribution in [-0.2, 0) is 0 Å². The smallest absolute Gasteiger partial charge is 0.255 e. The van der Waals surface area contributed by atoms with Crippen LogP contribution in [0.1, 0.15) is 33.4 Å². The number of nitrogens with zero attached hydrogens (tertiary/aromatic N) is 3. The fraction of sp³-hybridized carbons (Fsp3) is 0.316. The first-order valence-electron chi connectivity index (χ1n) is 8.64. The van der Waals surface area contributed by atoms with E-state index in [0.29, 0.717) is 30.8 Å². The molecule has 1 aliphatic rings. The maximum atomic E-state index is 13.7. The molecule has 150 valence electrons. The lowest BCUT2D eigenvalue weighted by Gasteiger charge is -2.36. The van der Waals surface area contributed by atoms with Crippen molar-refractivity contribution in [3.63, 3.8) is 0 Å². The van der Waals surface area contributed by atoms with Gasteiger partial charge in [-0.2, -0.15) is 5.10 Å². The van der Waals surface area contributed by atoms with E-state index in [4.69, 9.17) is 0 Å². The van der Waals surface area contributed by atoms with E-state index in [1.165, 1.54) is 12.1 Å². The molecule has 1 atom stereocenters. The van der Waals surface area contributed by atoms with Gasteiger partial charge in [-0.05, 0) is 37.6 Å². The van der Waals surface area contributed by atoms with Crippen molar-refractivity contribution in [1.82, 2.24) is 25.4 Å². The van der Waals surface area contributed by atoms with Gasteiger partial charge in [0.1, 0.15) is 5.82 Å². The first-order valence-corrected chi connectivity index (χ1v) is 8.64. The molecule has 1 unspecified atom stereocenters. The summed E-state index contributed by atoms with van der Waals surface area (Å²) >= 11 is 0. The Labute approximate surface area is 174 Å². The van der Waals surface area contributed by atoms with Gasteiger partial charge in [0.2, 0.25) is 0 Å². The van der Waals surface area contributed by atoms with Gasteiger partial charge in [0.25, 0.3) is 5.91 Å². The summed E-state index contributed by atoms with van der Waals surface area (Å²) in [6.07, 6.45) is 0. The highest BCUT2D eigenvalue weighted by Crippen LogP contribution is 2.28. The number of amides is 1. The molecule has 0 aliphatic carbocycles. The lowest BCUT2D eigenvalue weighted by atomic mass is 10.0. The van der Waals surface area contributed by atoms with Gasteiger partial charge in [-0.25, -0.2) is 9.37 Å². The summed E-state index contributed by atoms with van der Waals surface area (Å²) < 4.78 is 13.7. The third-order valence-corrected chi connectivity index (χ3v) is 4.80. The number of aromatic nitrogens is 3. The number of pyridine rings is 1. The van der Waals surface area contributed by atoms with E-state index >= 15 is 0 Å². The second kappa shape index (κ2) is 8.86. The molecule has 0 radical (unpaired) electrons. The van der Waals surface area contributed by atoms with Crippen molar-refractivity contribution < 1.29 is 9.18 Å². The minimum atomic E-state index is -0.298. The van der Waals surface area contributed by atoms with Gasteiger partial charge in [-0.15, -0.1) is 24.8 Å². The minimum absolute atomic E-state index is 0. The SMILES string of the molecule is Cc1cc(C(=O)N2CCNCC2c2cccc(F)c2)c2c(C)[nH]nc2n1.Cl.Cl. The van der Waals surface area contributed by atoms with Gasteiger partial charge in [0.15, 0.2) is 5.65 Å². The molecule has 1 saturated heterocycles. The highest BCUT2D eigenvalue weighted by atomic mass is 35.5. The van der Waals surface area contributed by atoms with Crippen molar-refractivity contribution in [2.45, 2.75) is 19.9 Å². The van der Waals surface area contributed by atoms with E-state index in [1.807, 2.05) is 24.8 Å². The van der Waals surface area contributed by atoms with Gasteiger partial charge in [-0.1, -0.05) is 12.1 Å². The Balaban J connectivity index is 0.00000140. The zero-order valence-electron chi connectivity index (χ0n) is 15.5. The number of halogens is 3. The number of benzene rings is 1. The van der Waals surface area contributed by atoms with Crippen LogP contribution in [0, 0.1) is 19.7 Å². The fourth-order valence-electron chi connectivity index (χ4n) is 3.58. The Kier molecular flexibility index (Phi) is 6.98. The number of piperazine rings is 1. The number of carbonyl (C=O) groups is 1. The van der Waals surface area contributed by atoms with Crippen molar-refractivity contribution in [3.8, 4) is 0 Å². The van der Waals surface area contributed by atoms with Crippen LogP contribution < -0.4 is 5.32 Å². The summed E-state index contributed by atoms with van der Waals surface area (Å²) in [5, 5.41) is 11.1. The molecule has 0 saturated carbocycles. The van der Waals surface area contributed by atoms with Crippen LogP contribution in [0.2, 0.25) is 0 Å². The standard InChI is InChI=1S/C19H20FN5O.2ClH/c1-11-8-15(17-12(2)23-24-18(17)22-11)19(26)25-7-6-21-10-16(25)13-4-3-5-14(20)9-13;;/h3-5,8-9,16,21H,6-7,10H2,1-2H3,(H,22,23,24);2*1H. The molecule has 2 aromatic heterocycles. The second-order valence-corrected chi connectivity index (χ2v) is 6.63. The first-order chi connectivity index (χ1) is 12.5. The second-order valence-electron chi connectivity index (χ2n) is 6.63. The Morgan fingerprint density at radius 3 is 2.79 bits per heavy atom. The normalized spacial score (nSPS) is 16.4. The van der Waals surface area contributed by atoms with Crippen molar-refractivity contribution in [2.75, 3.05) is 19.6 Å². The van der Waals surface area contributed by atoms with Crippen molar-refractivity contribution in [3.05, 3.63) is 58.7 Å². The summed E-state index contributed by atoms with van der Waals surface area (Å²) in [4.78, 5) is 19.6. The van der Waals surface area contributed by atoms with Crippen LogP contribution in [0.25, 0.3) is 11.0 Å². The summed E-state index contributed by atoms with van der Waals surface area (Å²) in [6.45, 7) is 5.58. The van der Waals surface area contributed by atoms with Crippen LogP contribution in [0.3, 0.4) is 0 Å². The summed E-state index contributed by atoms with van der Waals surface area (Å²) in [7, 11) is 0. The molecule has 4 rings (SSSR count). The van der Waals surface area contributed by atoms with Crippen LogP contribution >= 0.6 is 24.8 Å². The van der Waals surface area contributed by atoms with E-state index in [0.717, 1.165) is 22.3 Å². The number of aryl methyl sites for hydroxylation is 2. The highest BCUT2D eigenvalue weighted by Gasteiger charge is 2.30. The Morgan fingerprint density at radius 1 is 1.25 bits per heavy atom. The number of aromatic amines is 1. The average Bonchev–Trinajstić information content (AvgIpc) is 3.01. The van der Waals surface area contributed by atoms with Gasteiger partial charge >= 0.3 is 0 Å². The zero-order chi connectivity index (χ0) is 18.3. The molecule has 3 heterocycles. The molecule has 3 aromatic rings. The molecule has 1 aromatic carbocycles. The van der Waals surface area contributed by atoms with Crippen LogP contribution in [0.15, 0.2) is 30.3 Å². The monoisotopic (exact) mass is 425 g/mol. The fourth-order valence-corrected chi connectivity index (χ4v) is 3.58. The molecular formula is C19H22Cl2FN5O. The summed E-state index contributed by atoms with van der Waals surface area (Å²) in [6, 6.07) is 8.03. The third-order valence-electron chi connectivity index (χ3n) is 4.80. The quantitative estimate of drug-likeness (QED) is 0.659. The summed E-state index contributed by atoms with van der Waals surface area (Å²) in [5.41, 5.74) is 3.47. The van der Waals surface area contributed by atoms with E-state index < -0.39 is 0 Å². The van der Waals surface area contributed by atoms with Gasteiger partial charge in [0.05, 0.1) is 17.0 Å². The lowest BCUT2D eigenvalue weighted by molar-refractivity contribution is 0.0635. The highest BCUT2D eigenvalue weighted by molar-refractivity contribution is 6.06. The molecular weight excluding hydrogens is 404 g/mol. The zero-order valence-corrected chi connectivity index (χ0v) is 17.2. The predicted octanol–water partition coefficient (Wildman–Crippen LogP) is 3.34. The number of nitrogens with one attached hydrogen (secondary N) is 2. The Bertz CT molecular complexity index is 994. The number of hydrogen-bond donors (Lipinski definition) is 2. The van der Waals surface area contributed by atoms with E-state index in [-0.39, 0.29) is 42.6 Å². The van der Waals surface area contributed by atoms with Gasteiger partial charge in [0, 0.05) is 31.0 Å². The van der Waals surface area contributed by atoms with E-state index in [1.54, 1.807) is 12.1 Å². The van der Waals surface area contributed by atoms with Gasteiger partial charge < -0.3 is 10.2 Å².